The Bertz CT molecular complexity index is 909. The molecular formula is C19H23N3O4S. The summed E-state index contributed by atoms with van der Waals surface area (Å²) in [6.07, 6.45) is 1.05. The van der Waals surface area contributed by atoms with E-state index in [1.807, 2.05) is 6.92 Å². The highest BCUT2D eigenvalue weighted by Crippen LogP contribution is 2.16. The first kappa shape index (κ1) is 20.6. The van der Waals surface area contributed by atoms with Crippen LogP contribution in [-0.2, 0) is 14.8 Å². The molecule has 0 heterocycles. The van der Waals surface area contributed by atoms with Crippen LogP contribution >= 0.6 is 0 Å². The first-order valence-electron chi connectivity index (χ1n) is 8.66. The average Bonchev–Trinajstić information content (AvgIpc) is 2.67. The second kappa shape index (κ2) is 9.29. The van der Waals surface area contributed by atoms with Crippen LogP contribution in [0.5, 0.6) is 0 Å². The molecule has 0 bridgehead atoms. The Morgan fingerprint density at radius 2 is 1.63 bits per heavy atom. The Morgan fingerprint density at radius 1 is 0.926 bits per heavy atom. The van der Waals surface area contributed by atoms with Crippen molar-refractivity contribution in [3.8, 4) is 0 Å². The molecule has 3 N–H and O–H groups in total. The number of hydrogen-bond acceptors (Lipinski definition) is 4. The van der Waals surface area contributed by atoms with Crippen molar-refractivity contribution >= 4 is 33.2 Å². The lowest BCUT2D eigenvalue weighted by Gasteiger charge is -2.09. The molecule has 0 aliphatic rings. The van der Waals surface area contributed by atoms with Gasteiger partial charge in [-0.1, -0.05) is 19.9 Å². The summed E-state index contributed by atoms with van der Waals surface area (Å²) in [5.41, 5.74) is 1.39. The molecule has 0 fully saturated rings. The van der Waals surface area contributed by atoms with Gasteiger partial charge in [0.2, 0.25) is 15.9 Å². The van der Waals surface area contributed by atoms with Crippen LogP contribution in [0.15, 0.2) is 53.4 Å². The molecule has 0 radical (unpaired) electrons. The number of anilines is 2. The van der Waals surface area contributed by atoms with Crippen molar-refractivity contribution in [3.63, 3.8) is 0 Å². The van der Waals surface area contributed by atoms with Gasteiger partial charge in [-0.15, -0.1) is 0 Å². The minimum atomic E-state index is -3.54. The lowest BCUT2D eigenvalue weighted by molar-refractivity contribution is -0.115. The summed E-state index contributed by atoms with van der Waals surface area (Å²) in [4.78, 5) is 24.0. The average molecular weight is 389 g/mol. The fraction of sp³-hybridized carbons (Fsp3) is 0.263. The van der Waals surface area contributed by atoms with E-state index in [1.165, 1.54) is 24.3 Å². The van der Waals surface area contributed by atoms with Crippen LogP contribution in [0.2, 0.25) is 0 Å². The maximum absolute atomic E-state index is 12.4. The first-order chi connectivity index (χ1) is 12.9. The van der Waals surface area contributed by atoms with Gasteiger partial charge in [0, 0.05) is 29.9 Å². The summed E-state index contributed by atoms with van der Waals surface area (Å²) in [7, 11) is -3.54. The second-order valence-corrected chi connectivity index (χ2v) is 7.63. The molecule has 0 saturated heterocycles. The van der Waals surface area contributed by atoms with Gasteiger partial charge < -0.3 is 10.6 Å². The van der Waals surface area contributed by atoms with Crippen LogP contribution in [0.25, 0.3) is 0 Å². The summed E-state index contributed by atoms with van der Waals surface area (Å²) in [6.45, 7) is 3.99. The Labute approximate surface area is 159 Å². The summed E-state index contributed by atoms with van der Waals surface area (Å²) < 4.78 is 26.6. The van der Waals surface area contributed by atoms with Gasteiger partial charge in [0.05, 0.1) is 4.90 Å². The fourth-order valence-corrected chi connectivity index (χ4v) is 3.36. The molecule has 2 aromatic carbocycles. The zero-order valence-corrected chi connectivity index (χ0v) is 16.1. The lowest BCUT2D eigenvalue weighted by Crippen LogP contribution is -2.24. The number of benzene rings is 2. The lowest BCUT2D eigenvalue weighted by atomic mass is 10.1. The van der Waals surface area contributed by atoms with Crippen LogP contribution in [-0.4, -0.2) is 26.8 Å². The van der Waals surface area contributed by atoms with Gasteiger partial charge in [-0.2, -0.15) is 0 Å². The standard InChI is InChI=1S/C19H23N3O4S/c1-3-12-20-27(25,26)17-10-8-15(9-11-17)22-19(24)14-6-5-7-16(13-14)21-18(23)4-2/h5-11,13,20H,3-4,12H2,1-2H3,(H,21,23)(H,22,24). The Hall–Kier alpha value is -2.71. The van der Waals surface area contributed by atoms with E-state index in [0.29, 0.717) is 36.3 Å². The van der Waals surface area contributed by atoms with E-state index in [0.717, 1.165) is 0 Å². The molecule has 0 spiro atoms. The van der Waals surface area contributed by atoms with Crippen molar-refractivity contribution in [2.45, 2.75) is 31.6 Å². The molecule has 0 aromatic heterocycles. The molecule has 27 heavy (non-hydrogen) atoms. The maximum atomic E-state index is 12.4. The molecule has 144 valence electrons. The molecule has 0 unspecified atom stereocenters. The molecule has 2 rings (SSSR count). The molecule has 0 aliphatic carbocycles. The highest BCUT2D eigenvalue weighted by atomic mass is 32.2. The van der Waals surface area contributed by atoms with Crippen molar-refractivity contribution in [1.82, 2.24) is 4.72 Å². The minimum Gasteiger partial charge on any atom is -0.326 e. The van der Waals surface area contributed by atoms with Gasteiger partial charge in [0.25, 0.3) is 5.91 Å². The first-order valence-corrected chi connectivity index (χ1v) is 10.1. The number of rotatable bonds is 8. The summed E-state index contributed by atoms with van der Waals surface area (Å²) in [5, 5.41) is 5.41. The third-order valence-corrected chi connectivity index (χ3v) is 5.17. The van der Waals surface area contributed by atoms with Crippen molar-refractivity contribution in [2.75, 3.05) is 17.2 Å². The topological polar surface area (TPSA) is 104 Å². The summed E-state index contributed by atoms with van der Waals surface area (Å²) in [5.74, 6) is -0.497. The zero-order chi connectivity index (χ0) is 19.9. The zero-order valence-electron chi connectivity index (χ0n) is 15.3. The summed E-state index contributed by atoms with van der Waals surface area (Å²) >= 11 is 0. The van der Waals surface area contributed by atoms with Gasteiger partial charge in [0.15, 0.2) is 0 Å². The van der Waals surface area contributed by atoms with E-state index < -0.39 is 10.0 Å². The number of nitrogens with one attached hydrogen (secondary N) is 3. The van der Waals surface area contributed by atoms with Crippen LogP contribution in [0.4, 0.5) is 11.4 Å². The number of amides is 2. The van der Waals surface area contributed by atoms with Gasteiger partial charge in [-0.05, 0) is 48.9 Å². The number of hydrogen-bond donors (Lipinski definition) is 3. The highest BCUT2D eigenvalue weighted by Gasteiger charge is 2.13. The van der Waals surface area contributed by atoms with Crippen molar-refractivity contribution in [3.05, 3.63) is 54.1 Å². The predicted molar refractivity (Wildman–Crippen MR) is 105 cm³/mol. The number of carbonyl (C=O) groups excluding carboxylic acids is 2. The molecular weight excluding hydrogens is 366 g/mol. The van der Waals surface area contributed by atoms with E-state index in [-0.39, 0.29) is 16.7 Å². The molecule has 2 amide bonds. The van der Waals surface area contributed by atoms with Gasteiger partial charge in [-0.25, -0.2) is 13.1 Å². The Morgan fingerprint density at radius 3 is 2.26 bits per heavy atom. The van der Waals surface area contributed by atoms with Crippen LogP contribution in [0.1, 0.15) is 37.0 Å². The van der Waals surface area contributed by atoms with E-state index in [2.05, 4.69) is 15.4 Å². The maximum Gasteiger partial charge on any atom is 0.255 e. The molecule has 0 aliphatic heterocycles. The third kappa shape index (κ3) is 5.90. The second-order valence-electron chi connectivity index (χ2n) is 5.86. The minimum absolute atomic E-state index is 0.137. The molecule has 8 heteroatoms. The van der Waals surface area contributed by atoms with E-state index >= 15 is 0 Å². The van der Waals surface area contributed by atoms with E-state index in [4.69, 9.17) is 0 Å². The Balaban J connectivity index is 2.08. The van der Waals surface area contributed by atoms with Gasteiger partial charge in [0.1, 0.15) is 0 Å². The molecule has 0 saturated carbocycles. The number of sulfonamides is 1. The van der Waals surface area contributed by atoms with Gasteiger partial charge >= 0.3 is 0 Å². The van der Waals surface area contributed by atoms with Crippen molar-refractivity contribution < 1.29 is 18.0 Å². The van der Waals surface area contributed by atoms with E-state index in [9.17, 15) is 18.0 Å². The van der Waals surface area contributed by atoms with Crippen molar-refractivity contribution in [1.29, 1.82) is 0 Å². The summed E-state index contributed by atoms with van der Waals surface area (Å²) in [6, 6.07) is 12.5. The van der Waals surface area contributed by atoms with Crippen LogP contribution < -0.4 is 15.4 Å². The Kier molecular flexibility index (Phi) is 7.09. The largest absolute Gasteiger partial charge is 0.326 e. The smallest absolute Gasteiger partial charge is 0.255 e. The normalized spacial score (nSPS) is 11.0. The highest BCUT2D eigenvalue weighted by molar-refractivity contribution is 7.89. The van der Waals surface area contributed by atoms with E-state index in [1.54, 1.807) is 31.2 Å². The third-order valence-electron chi connectivity index (χ3n) is 3.69. The fourth-order valence-electron chi connectivity index (χ4n) is 2.23. The predicted octanol–water partition coefficient (Wildman–Crippen LogP) is 2.98. The van der Waals surface area contributed by atoms with Gasteiger partial charge in [-0.3, -0.25) is 9.59 Å². The number of carbonyl (C=O) groups is 2. The quantitative estimate of drug-likeness (QED) is 0.645. The SMILES string of the molecule is CCCNS(=O)(=O)c1ccc(NC(=O)c2cccc(NC(=O)CC)c2)cc1. The monoisotopic (exact) mass is 389 g/mol. The van der Waals surface area contributed by atoms with Crippen LogP contribution in [0.3, 0.4) is 0 Å². The molecule has 7 nitrogen and oxygen atoms in total. The van der Waals surface area contributed by atoms with Crippen molar-refractivity contribution in [2.24, 2.45) is 0 Å². The van der Waals surface area contributed by atoms with Crippen LogP contribution in [0, 0.1) is 0 Å². The molecule has 0 atom stereocenters. The molecule has 2 aromatic rings.